The molecule has 0 saturated heterocycles. The molecule has 6 aromatic rings. The molecule has 6 rings (SSSR count). The van der Waals surface area contributed by atoms with E-state index in [2.05, 4.69) is 12.1 Å². The molecular weight excluding hydrogens is 360 g/mol. The van der Waals surface area contributed by atoms with Gasteiger partial charge in [0, 0.05) is 21.5 Å². The van der Waals surface area contributed by atoms with Crippen molar-refractivity contribution in [1.82, 2.24) is 0 Å². The normalized spacial score (nSPS) is 11.9. The Morgan fingerprint density at radius 1 is 0.552 bits per heavy atom. The maximum atomic E-state index is 12.1. The maximum Gasteiger partial charge on any atom is 0.135 e. The summed E-state index contributed by atoms with van der Waals surface area (Å²) in [6.07, 6.45) is 1.01. The number of aldehydes is 1. The zero-order valence-corrected chi connectivity index (χ0v) is 15.5. The standard InChI is InChI=1S/C26H16O3/c27-15-22(16-9-11-25-20(13-16)18-5-1-3-7-23(18)28-25)17-10-12-26-21(14-17)19-6-2-4-8-24(19)29-26/h1-15,22H. The van der Waals surface area contributed by atoms with E-state index in [0.29, 0.717) is 0 Å². The average Bonchev–Trinajstić information content (AvgIpc) is 3.32. The van der Waals surface area contributed by atoms with Gasteiger partial charge in [0.05, 0.1) is 5.92 Å². The van der Waals surface area contributed by atoms with Crippen LogP contribution in [0, 0.1) is 0 Å². The number of fused-ring (bicyclic) bond motifs is 6. The van der Waals surface area contributed by atoms with Crippen molar-refractivity contribution in [3.05, 3.63) is 96.1 Å². The molecule has 0 bridgehead atoms. The average molecular weight is 376 g/mol. The van der Waals surface area contributed by atoms with Crippen molar-refractivity contribution in [3.63, 3.8) is 0 Å². The minimum atomic E-state index is -0.355. The van der Waals surface area contributed by atoms with E-state index in [1.165, 1.54) is 0 Å². The van der Waals surface area contributed by atoms with Gasteiger partial charge in [0.2, 0.25) is 0 Å². The molecule has 3 heteroatoms. The van der Waals surface area contributed by atoms with Crippen LogP contribution >= 0.6 is 0 Å². The van der Waals surface area contributed by atoms with Gasteiger partial charge in [-0.2, -0.15) is 0 Å². The lowest BCUT2D eigenvalue weighted by Crippen LogP contribution is -2.02. The van der Waals surface area contributed by atoms with Gasteiger partial charge in [0.1, 0.15) is 28.6 Å². The van der Waals surface area contributed by atoms with Crippen LogP contribution in [-0.4, -0.2) is 6.29 Å². The topological polar surface area (TPSA) is 43.4 Å². The molecule has 0 spiro atoms. The first-order valence-corrected chi connectivity index (χ1v) is 9.59. The van der Waals surface area contributed by atoms with Gasteiger partial charge in [-0.3, -0.25) is 0 Å². The smallest absolute Gasteiger partial charge is 0.135 e. The Kier molecular flexibility index (Phi) is 3.38. The SMILES string of the molecule is O=CC(c1ccc2oc3ccccc3c2c1)c1ccc2oc3ccccc3c2c1. The Labute approximate surface area is 166 Å². The van der Waals surface area contributed by atoms with Crippen LogP contribution in [0.15, 0.2) is 93.8 Å². The minimum absolute atomic E-state index is 0.355. The summed E-state index contributed by atoms with van der Waals surface area (Å²) in [6, 6.07) is 27.9. The van der Waals surface area contributed by atoms with Crippen molar-refractivity contribution in [1.29, 1.82) is 0 Å². The zero-order chi connectivity index (χ0) is 19.4. The van der Waals surface area contributed by atoms with E-state index >= 15 is 0 Å². The van der Waals surface area contributed by atoms with Gasteiger partial charge in [-0.05, 0) is 47.5 Å². The monoisotopic (exact) mass is 376 g/mol. The molecule has 2 heterocycles. The molecule has 0 saturated carbocycles. The van der Waals surface area contributed by atoms with Gasteiger partial charge in [0.25, 0.3) is 0 Å². The van der Waals surface area contributed by atoms with Crippen molar-refractivity contribution < 1.29 is 13.6 Å². The molecular formula is C26H16O3. The lowest BCUT2D eigenvalue weighted by atomic mass is 9.90. The number of benzene rings is 4. The Bertz CT molecular complexity index is 1420. The highest BCUT2D eigenvalue weighted by Crippen LogP contribution is 2.35. The molecule has 2 aromatic heterocycles. The molecule has 0 aliphatic heterocycles. The largest absolute Gasteiger partial charge is 0.456 e. The van der Waals surface area contributed by atoms with Gasteiger partial charge in [-0.25, -0.2) is 0 Å². The van der Waals surface area contributed by atoms with Crippen LogP contribution in [0.4, 0.5) is 0 Å². The van der Waals surface area contributed by atoms with E-state index in [9.17, 15) is 4.79 Å². The summed E-state index contributed by atoms with van der Waals surface area (Å²) in [6.45, 7) is 0. The van der Waals surface area contributed by atoms with Crippen molar-refractivity contribution in [2.24, 2.45) is 0 Å². The van der Waals surface area contributed by atoms with E-state index in [-0.39, 0.29) is 5.92 Å². The highest BCUT2D eigenvalue weighted by molar-refractivity contribution is 6.06. The summed E-state index contributed by atoms with van der Waals surface area (Å²) in [4.78, 5) is 12.1. The van der Waals surface area contributed by atoms with Crippen LogP contribution in [0.1, 0.15) is 17.0 Å². The van der Waals surface area contributed by atoms with E-state index in [0.717, 1.165) is 61.3 Å². The Morgan fingerprint density at radius 3 is 1.48 bits per heavy atom. The molecule has 4 aromatic carbocycles. The van der Waals surface area contributed by atoms with E-state index in [1.54, 1.807) is 0 Å². The first kappa shape index (κ1) is 16.1. The summed E-state index contributed by atoms with van der Waals surface area (Å²) in [5.41, 5.74) is 5.27. The van der Waals surface area contributed by atoms with E-state index in [4.69, 9.17) is 8.83 Å². The van der Waals surface area contributed by atoms with Gasteiger partial charge in [-0.15, -0.1) is 0 Å². The maximum absolute atomic E-state index is 12.1. The summed E-state index contributed by atoms with van der Waals surface area (Å²) >= 11 is 0. The van der Waals surface area contributed by atoms with Gasteiger partial charge in [-0.1, -0.05) is 48.5 Å². The highest BCUT2D eigenvalue weighted by atomic mass is 16.3. The van der Waals surface area contributed by atoms with Crippen LogP contribution in [0.25, 0.3) is 43.9 Å². The van der Waals surface area contributed by atoms with Gasteiger partial charge < -0.3 is 13.6 Å². The number of para-hydroxylation sites is 2. The third kappa shape index (κ3) is 2.41. The minimum Gasteiger partial charge on any atom is -0.456 e. The lowest BCUT2D eigenvalue weighted by Gasteiger charge is -2.11. The van der Waals surface area contributed by atoms with Crippen LogP contribution < -0.4 is 0 Å². The molecule has 0 fully saturated rings. The Hall–Kier alpha value is -3.85. The fourth-order valence-corrected chi connectivity index (χ4v) is 4.22. The fourth-order valence-electron chi connectivity index (χ4n) is 4.22. The van der Waals surface area contributed by atoms with Crippen LogP contribution in [0.5, 0.6) is 0 Å². The Balaban J connectivity index is 1.53. The second-order valence-electron chi connectivity index (χ2n) is 7.32. The number of furan rings is 2. The quantitative estimate of drug-likeness (QED) is 0.318. The molecule has 3 nitrogen and oxygen atoms in total. The van der Waals surface area contributed by atoms with E-state index < -0.39 is 0 Å². The molecule has 0 aliphatic rings. The van der Waals surface area contributed by atoms with E-state index in [1.807, 2.05) is 72.8 Å². The number of carbonyl (C=O) groups excluding carboxylic acids is 1. The summed E-state index contributed by atoms with van der Waals surface area (Å²) in [5, 5.41) is 4.18. The van der Waals surface area contributed by atoms with Crippen molar-refractivity contribution in [2.45, 2.75) is 5.92 Å². The first-order valence-electron chi connectivity index (χ1n) is 9.59. The van der Waals surface area contributed by atoms with Crippen molar-refractivity contribution in [3.8, 4) is 0 Å². The fraction of sp³-hybridized carbons (Fsp3) is 0.0385. The molecule has 0 aliphatic carbocycles. The number of carbonyl (C=O) groups is 1. The molecule has 0 radical (unpaired) electrons. The zero-order valence-electron chi connectivity index (χ0n) is 15.5. The van der Waals surface area contributed by atoms with Gasteiger partial charge >= 0.3 is 0 Å². The highest BCUT2D eigenvalue weighted by Gasteiger charge is 2.17. The predicted octanol–water partition coefficient (Wildman–Crippen LogP) is 6.82. The second-order valence-corrected chi connectivity index (χ2v) is 7.32. The molecule has 0 unspecified atom stereocenters. The third-order valence-electron chi connectivity index (χ3n) is 5.66. The second kappa shape index (κ2) is 6.08. The van der Waals surface area contributed by atoms with Crippen molar-refractivity contribution in [2.75, 3.05) is 0 Å². The Morgan fingerprint density at radius 2 is 1.00 bits per heavy atom. The number of hydrogen-bond acceptors (Lipinski definition) is 3. The lowest BCUT2D eigenvalue weighted by molar-refractivity contribution is -0.108. The molecule has 0 N–H and O–H groups in total. The molecule has 0 amide bonds. The molecule has 0 atom stereocenters. The third-order valence-corrected chi connectivity index (χ3v) is 5.66. The summed E-state index contributed by atoms with van der Waals surface area (Å²) in [5.74, 6) is -0.355. The predicted molar refractivity (Wildman–Crippen MR) is 115 cm³/mol. The van der Waals surface area contributed by atoms with Crippen LogP contribution in [0.3, 0.4) is 0 Å². The van der Waals surface area contributed by atoms with Crippen molar-refractivity contribution >= 4 is 50.2 Å². The first-order chi connectivity index (χ1) is 14.3. The van der Waals surface area contributed by atoms with Crippen LogP contribution in [-0.2, 0) is 4.79 Å². The van der Waals surface area contributed by atoms with Gasteiger partial charge in [0.15, 0.2) is 0 Å². The number of rotatable bonds is 3. The summed E-state index contributed by atoms with van der Waals surface area (Å²) < 4.78 is 11.8. The van der Waals surface area contributed by atoms with Crippen LogP contribution in [0.2, 0.25) is 0 Å². The summed E-state index contributed by atoms with van der Waals surface area (Å²) in [7, 11) is 0. The molecule has 138 valence electrons. The molecule has 29 heavy (non-hydrogen) atoms. The number of hydrogen-bond donors (Lipinski definition) is 0.